The van der Waals surface area contributed by atoms with Gasteiger partial charge in [0, 0.05) is 0 Å². The molecule has 3 aromatic carbocycles. The number of benzene rings is 3. The van der Waals surface area contributed by atoms with Crippen LogP contribution in [0, 0.1) is 0 Å². The zero-order valence-electron chi connectivity index (χ0n) is 26.8. The van der Waals surface area contributed by atoms with E-state index in [2.05, 4.69) is 16.0 Å². The Labute approximate surface area is 274 Å². The molecule has 0 aliphatic heterocycles. The molecule has 0 aliphatic rings. The van der Waals surface area contributed by atoms with Crippen LogP contribution in [0.3, 0.4) is 0 Å². The van der Waals surface area contributed by atoms with Gasteiger partial charge in [-0.2, -0.15) is 0 Å². The van der Waals surface area contributed by atoms with Gasteiger partial charge >= 0.3 is 11.9 Å². The SMILES string of the molecule is CCOC(=O)[C@@H](C)NC(=O)[C@@H](CC(=O)OCc1ccccc1)NC(=O)[C@@H](C)NC(=O)[C@H](N)Cc1ccc(OCc2ccccc2)cc1. The molecule has 5 N–H and O–H groups in total. The molecule has 12 heteroatoms. The van der Waals surface area contributed by atoms with E-state index in [1.54, 1.807) is 55.5 Å². The Hall–Kier alpha value is -5.23. The van der Waals surface area contributed by atoms with E-state index in [-0.39, 0.29) is 19.6 Å². The first kappa shape index (κ1) is 36.2. The van der Waals surface area contributed by atoms with Crippen LogP contribution in [0.5, 0.6) is 5.75 Å². The molecule has 0 heterocycles. The zero-order chi connectivity index (χ0) is 34.2. The van der Waals surface area contributed by atoms with Crippen molar-refractivity contribution in [3.05, 3.63) is 102 Å². The summed E-state index contributed by atoms with van der Waals surface area (Å²) in [6.07, 6.45) is -0.325. The second kappa shape index (κ2) is 18.7. The lowest BCUT2D eigenvalue weighted by molar-refractivity contribution is -0.148. The molecule has 0 spiro atoms. The summed E-state index contributed by atoms with van der Waals surface area (Å²) in [6, 6.07) is 21.3. The van der Waals surface area contributed by atoms with Gasteiger partial charge in [0.2, 0.25) is 17.7 Å². The van der Waals surface area contributed by atoms with Crippen LogP contribution in [-0.2, 0) is 53.1 Å². The average molecular weight is 647 g/mol. The van der Waals surface area contributed by atoms with Gasteiger partial charge in [0.25, 0.3) is 0 Å². The van der Waals surface area contributed by atoms with Crippen LogP contribution in [0.15, 0.2) is 84.9 Å². The average Bonchev–Trinajstić information content (AvgIpc) is 3.07. The Bertz CT molecular complexity index is 1470. The fraction of sp³-hybridized carbons (Fsp3) is 0.343. The number of nitrogens with two attached hydrogens (primary N) is 1. The molecule has 0 bridgehead atoms. The zero-order valence-corrected chi connectivity index (χ0v) is 26.8. The van der Waals surface area contributed by atoms with E-state index in [0.717, 1.165) is 16.7 Å². The second-order valence-corrected chi connectivity index (χ2v) is 10.9. The normalized spacial score (nSPS) is 13.2. The quantitative estimate of drug-likeness (QED) is 0.160. The number of esters is 2. The topological polar surface area (TPSA) is 175 Å². The van der Waals surface area contributed by atoms with Crippen molar-refractivity contribution < 1.29 is 38.2 Å². The Morgan fingerprint density at radius 3 is 1.83 bits per heavy atom. The van der Waals surface area contributed by atoms with Gasteiger partial charge in [0.05, 0.1) is 19.1 Å². The van der Waals surface area contributed by atoms with Gasteiger partial charge in [-0.05, 0) is 56.0 Å². The molecule has 3 rings (SSSR count). The molecule has 0 saturated carbocycles. The molecule has 47 heavy (non-hydrogen) atoms. The molecule has 3 aromatic rings. The maximum absolute atomic E-state index is 13.1. The molecule has 12 nitrogen and oxygen atoms in total. The van der Waals surface area contributed by atoms with Crippen LogP contribution in [0.1, 0.15) is 43.9 Å². The number of nitrogens with one attached hydrogen (secondary N) is 3. The third-order valence-electron chi connectivity index (χ3n) is 6.96. The van der Waals surface area contributed by atoms with Gasteiger partial charge in [-0.15, -0.1) is 0 Å². The summed E-state index contributed by atoms with van der Waals surface area (Å²) in [5, 5.41) is 7.46. The highest BCUT2D eigenvalue weighted by atomic mass is 16.5. The first-order valence-corrected chi connectivity index (χ1v) is 15.3. The van der Waals surface area contributed by atoms with Crippen LogP contribution < -0.4 is 26.4 Å². The first-order chi connectivity index (χ1) is 22.5. The van der Waals surface area contributed by atoms with Gasteiger partial charge in [-0.25, -0.2) is 4.79 Å². The van der Waals surface area contributed by atoms with Crippen LogP contribution in [0.4, 0.5) is 0 Å². The number of amides is 3. The highest BCUT2D eigenvalue weighted by molar-refractivity contribution is 5.95. The van der Waals surface area contributed by atoms with E-state index in [9.17, 15) is 24.0 Å². The van der Waals surface area contributed by atoms with Gasteiger partial charge < -0.3 is 35.9 Å². The lowest BCUT2D eigenvalue weighted by Crippen LogP contribution is -2.56. The van der Waals surface area contributed by atoms with E-state index in [4.69, 9.17) is 19.9 Å². The first-order valence-electron chi connectivity index (χ1n) is 15.3. The van der Waals surface area contributed by atoms with Crippen molar-refractivity contribution in [2.45, 2.75) is 71.0 Å². The number of carbonyl (C=O) groups is 5. The Morgan fingerprint density at radius 2 is 1.23 bits per heavy atom. The summed E-state index contributed by atoms with van der Waals surface area (Å²) in [7, 11) is 0. The number of ether oxygens (including phenoxy) is 3. The van der Waals surface area contributed by atoms with Crippen molar-refractivity contribution in [3.63, 3.8) is 0 Å². The van der Waals surface area contributed by atoms with E-state index >= 15 is 0 Å². The molecule has 0 aliphatic carbocycles. The van der Waals surface area contributed by atoms with Crippen molar-refractivity contribution in [3.8, 4) is 5.75 Å². The smallest absolute Gasteiger partial charge is 0.328 e. The monoisotopic (exact) mass is 646 g/mol. The summed E-state index contributed by atoms with van der Waals surface area (Å²) in [5.74, 6) is -2.90. The summed E-state index contributed by atoms with van der Waals surface area (Å²) in [6.45, 7) is 4.96. The predicted octanol–water partition coefficient (Wildman–Crippen LogP) is 2.33. The molecule has 4 atom stereocenters. The lowest BCUT2D eigenvalue weighted by atomic mass is 10.1. The maximum atomic E-state index is 13.1. The van der Waals surface area contributed by atoms with Crippen molar-refractivity contribution in [1.29, 1.82) is 0 Å². The molecular weight excluding hydrogens is 604 g/mol. The summed E-state index contributed by atoms with van der Waals surface area (Å²) in [5.41, 5.74) is 8.70. The van der Waals surface area contributed by atoms with Gasteiger partial charge in [-0.3, -0.25) is 19.2 Å². The van der Waals surface area contributed by atoms with Crippen molar-refractivity contribution in [2.24, 2.45) is 5.73 Å². The third kappa shape index (κ3) is 12.6. The van der Waals surface area contributed by atoms with Crippen molar-refractivity contribution in [1.82, 2.24) is 16.0 Å². The van der Waals surface area contributed by atoms with E-state index in [1.807, 2.05) is 36.4 Å². The van der Waals surface area contributed by atoms with Gasteiger partial charge in [0.1, 0.15) is 37.1 Å². The van der Waals surface area contributed by atoms with Crippen LogP contribution in [0.2, 0.25) is 0 Å². The third-order valence-corrected chi connectivity index (χ3v) is 6.96. The number of carbonyl (C=O) groups excluding carboxylic acids is 5. The highest BCUT2D eigenvalue weighted by Crippen LogP contribution is 2.15. The van der Waals surface area contributed by atoms with E-state index in [0.29, 0.717) is 12.4 Å². The van der Waals surface area contributed by atoms with Gasteiger partial charge in [0.15, 0.2) is 0 Å². The molecule has 0 unspecified atom stereocenters. The molecule has 0 radical (unpaired) electrons. The minimum absolute atomic E-state index is 0.0328. The van der Waals surface area contributed by atoms with Crippen LogP contribution in [-0.4, -0.2) is 60.4 Å². The molecule has 250 valence electrons. The maximum Gasteiger partial charge on any atom is 0.328 e. The summed E-state index contributed by atoms with van der Waals surface area (Å²) >= 11 is 0. The van der Waals surface area contributed by atoms with Crippen LogP contribution >= 0.6 is 0 Å². The molecule has 0 saturated heterocycles. The minimum Gasteiger partial charge on any atom is -0.489 e. The molecular formula is C35H42N4O8. The predicted molar refractivity (Wildman–Crippen MR) is 174 cm³/mol. The Morgan fingerprint density at radius 1 is 0.660 bits per heavy atom. The lowest BCUT2D eigenvalue weighted by Gasteiger charge is -2.23. The second-order valence-electron chi connectivity index (χ2n) is 10.9. The van der Waals surface area contributed by atoms with Crippen molar-refractivity contribution >= 4 is 29.7 Å². The fourth-order valence-electron chi connectivity index (χ4n) is 4.31. The molecule has 0 aromatic heterocycles. The number of hydrogen-bond donors (Lipinski definition) is 4. The summed E-state index contributed by atoms with van der Waals surface area (Å²) in [4.78, 5) is 63.6. The molecule has 3 amide bonds. The summed E-state index contributed by atoms with van der Waals surface area (Å²) < 4.78 is 16.0. The number of hydrogen-bond acceptors (Lipinski definition) is 9. The fourth-order valence-corrected chi connectivity index (χ4v) is 4.31. The van der Waals surface area contributed by atoms with Crippen LogP contribution in [0.25, 0.3) is 0 Å². The minimum atomic E-state index is -1.40. The Balaban J connectivity index is 1.55. The number of rotatable bonds is 17. The Kier molecular flexibility index (Phi) is 14.4. The van der Waals surface area contributed by atoms with E-state index in [1.165, 1.54) is 13.8 Å². The van der Waals surface area contributed by atoms with E-state index < -0.39 is 60.2 Å². The van der Waals surface area contributed by atoms with Crippen molar-refractivity contribution in [2.75, 3.05) is 6.61 Å². The largest absolute Gasteiger partial charge is 0.489 e. The van der Waals surface area contributed by atoms with Gasteiger partial charge in [-0.1, -0.05) is 72.8 Å². The highest BCUT2D eigenvalue weighted by Gasteiger charge is 2.30. The molecule has 0 fully saturated rings. The standard InChI is InChI=1S/C35H42N4O8/c1-4-45-35(44)24(3)38-34(43)30(20-31(40)47-22-27-13-9-6-10-14-27)39-32(41)23(2)37-33(42)29(36)19-25-15-17-28(18-16-25)46-21-26-11-7-5-8-12-26/h5-18,23-24,29-30H,4,19-22,36H2,1-3H3,(H,37,42)(H,38,43)(H,39,41)/t23-,24-,29-,30-/m1/s1.